The van der Waals surface area contributed by atoms with Crippen LogP contribution >= 0.6 is 0 Å². The molecule has 19 heavy (non-hydrogen) atoms. The van der Waals surface area contributed by atoms with E-state index in [1.165, 1.54) is 12.1 Å². The van der Waals surface area contributed by atoms with Crippen LogP contribution in [0.3, 0.4) is 0 Å². The monoisotopic (exact) mass is 260 g/mol. The van der Waals surface area contributed by atoms with Crippen LogP contribution in [-0.4, -0.2) is 22.4 Å². The first-order valence-electron chi connectivity index (χ1n) is 6.14. The number of carbonyl (C=O) groups excluding carboxylic acids is 1. The number of nitrogens with zero attached hydrogens (tertiary/aromatic N) is 2. The van der Waals surface area contributed by atoms with E-state index in [0.717, 1.165) is 5.56 Å². The number of halogens is 1. The van der Waals surface area contributed by atoms with Gasteiger partial charge in [0.15, 0.2) is 0 Å². The first-order valence-corrected chi connectivity index (χ1v) is 6.14. The third-order valence-corrected chi connectivity index (χ3v) is 3.42. The van der Waals surface area contributed by atoms with Crippen molar-refractivity contribution in [2.24, 2.45) is 7.05 Å². The Bertz CT molecular complexity index is 574. The van der Waals surface area contributed by atoms with Crippen LogP contribution in [0.5, 0.6) is 0 Å². The van der Waals surface area contributed by atoms with Crippen molar-refractivity contribution in [2.45, 2.75) is 13.0 Å². The summed E-state index contributed by atoms with van der Waals surface area (Å²) in [6.07, 6.45) is 1.84. The molecule has 1 atom stereocenters. The lowest BCUT2D eigenvalue weighted by Crippen LogP contribution is -2.30. The average molecular weight is 260 g/mol. The molecular weight excluding hydrogens is 243 g/mol. The normalized spacial score (nSPS) is 12.2. The molecule has 0 saturated carbocycles. The van der Waals surface area contributed by atoms with Crippen LogP contribution in [0.15, 0.2) is 42.6 Å². The SMILES string of the molecule is CC(c1ccc(F)cc1)N(C)C(=O)c1cccn1C. The van der Waals surface area contributed by atoms with Crippen LogP contribution in [0.25, 0.3) is 0 Å². The summed E-state index contributed by atoms with van der Waals surface area (Å²) in [6, 6.07) is 9.74. The lowest BCUT2D eigenvalue weighted by Gasteiger charge is -2.25. The molecule has 0 aliphatic carbocycles. The van der Waals surface area contributed by atoms with E-state index >= 15 is 0 Å². The summed E-state index contributed by atoms with van der Waals surface area (Å²) in [5, 5.41) is 0. The molecule has 3 nitrogen and oxygen atoms in total. The predicted molar refractivity (Wildman–Crippen MR) is 72.3 cm³/mol. The molecule has 2 rings (SSSR count). The van der Waals surface area contributed by atoms with E-state index in [2.05, 4.69) is 0 Å². The molecule has 0 aliphatic rings. The van der Waals surface area contributed by atoms with Gasteiger partial charge in [-0.15, -0.1) is 0 Å². The van der Waals surface area contributed by atoms with Gasteiger partial charge in [0.05, 0.1) is 6.04 Å². The van der Waals surface area contributed by atoms with Gasteiger partial charge in [-0.3, -0.25) is 4.79 Å². The number of aromatic nitrogens is 1. The molecule has 0 N–H and O–H groups in total. The van der Waals surface area contributed by atoms with Crippen LogP contribution in [0, 0.1) is 5.82 Å². The highest BCUT2D eigenvalue weighted by atomic mass is 19.1. The smallest absolute Gasteiger partial charge is 0.270 e. The largest absolute Gasteiger partial charge is 0.347 e. The van der Waals surface area contributed by atoms with Crippen molar-refractivity contribution in [1.29, 1.82) is 0 Å². The van der Waals surface area contributed by atoms with E-state index in [0.29, 0.717) is 5.69 Å². The minimum atomic E-state index is -0.271. The highest BCUT2D eigenvalue weighted by molar-refractivity contribution is 5.92. The Hall–Kier alpha value is -2.10. The predicted octanol–water partition coefficient (Wildman–Crippen LogP) is 3.00. The topological polar surface area (TPSA) is 25.2 Å². The molecule has 0 fully saturated rings. The molecule has 2 aromatic rings. The molecule has 1 aromatic carbocycles. The lowest BCUT2D eigenvalue weighted by atomic mass is 10.1. The van der Waals surface area contributed by atoms with Crippen molar-refractivity contribution in [1.82, 2.24) is 9.47 Å². The van der Waals surface area contributed by atoms with Gasteiger partial charge in [-0.25, -0.2) is 4.39 Å². The Balaban J connectivity index is 2.19. The zero-order chi connectivity index (χ0) is 14.0. The van der Waals surface area contributed by atoms with E-state index < -0.39 is 0 Å². The molecule has 0 saturated heterocycles. The lowest BCUT2D eigenvalue weighted by molar-refractivity contribution is 0.0733. The quantitative estimate of drug-likeness (QED) is 0.832. The van der Waals surface area contributed by atoms with Gasteiger partial charge in [-0.05, 0) is 36.8 Å². The van der Waals surface area contributed by atoms with Crippen molar-refractivity contribution in [2.75, 3.05) is 7.05 Å². The highest BCUT2D eigenvalue weighted by Crippen LogP contribution is 2.21. The third-order valence-electron chi connectivity index (χ3n) is 3.42. The summed E-state index contributed by atoms with van der Waals surface area (Å²) in [4.78, 5) is 14.0. The third kappa shape index (κ3) is 2.67. The molecule has 1 aromatic heterocycles. The fraction of sp³-hybridized carbons (Fsp3) is 0.267. The van der Waals surface area contributed by atoms with Crippen molar-refractivity contribution < 1.29 is 9.18 Å². The van der Waals surface area contributed by atoms with Gasteiger partial charge in [0, 0.05) is 20.3 Å². The minimum absolute atomic E-state index is 0.0516. The maximum absolute atomic E-state index is 12.9. The van der Waals surface area contributed by atoms with Gasteiger partial charge in [0.2, 0.25) is 0 Å². The van der Waals surface area contributed by atoms with Gasteiger partial charge < -0.3 is 9.47 Å². The van der Waals surface area contributed by atoms with E-state index in [1.54, 1.807) is 34.7 Å². The standard InChI is InChI=1S/C15H17FN2O/c1-11(12-6-8-13(16)9-7-12)18(3)15(19)14-5-4-10-17(14)2/h4-11H,1-3H3. The molecule has 1 heterocycles. The molecular formula is C15H17FN2O. The Morgan fingerprint density at radius 3 is 2.42 bits per heavy atom. The van der Waals surface area contributed by atoms with Crippen LogP contribution in [0.1, 0.15) is 29.0 Å². The zero-order valence-corrected chi connectivity index (χ0v) is 11.3. The summed E-state index contributed by atoms with van der Waals surface area (Å²) in [5.74, 6) is -0.323. The van der Waals surface area contributed by atoms with E-state index in [9.17, 15) is 9.18 Å². The van der Waals surface area contributed by atoms with Gasteiger partial charge >= 0.3 is 0 Å². The first kappa shape index (κ1) is 13.3. The van der Waals surface area contributed by atoms with E-state index in [4.69, 9.17) is 0 Å². The number of hydrogen-bond donors (Lipinski definition) is 0. The number of benzene rings is 1. The van der Waals surface area contributed by atoms with Gasteiger partial charge in [0.25, 0.3) is 5.91 Å². The summed E-state index contributed by atoms with van der Waals surface area (Å²) < 4.78 is 14.7. The minimum Gasteiger partial charge on any atom is -0.347 e. The highest BCUT2D eigenvalue weighted by Gasteiger charge is 2.20. The van der Waals surface area contributed by atoms with Crippen molar-refractivity contribution in [3.05, 3.63) is 59.7 Å². The molecule has 4 heteroatoms. The Labute approximate surface area is 112 Å². The molecule has 1 amide bonds. The zero-order valence-electron chi connectivity index (χ0n) is 11.3. The molecule has 0 bridgehead atoms. The van der Waals surface area contributed by atoms with Crippen LogP contribution in [0.2, 0.25) is 0 Å². The molecule has 0 aliphatic heterocycles. The number of amides is 1. The van der Waals surface area contributed by atoms with E-state index in [1.807, 2.05) is 26.2 Å². The number of aryl methyl sites for hydroxylation is 1. The molecule has 0 spiro atoms. The fourth-order valence-electron chi connectivity index (χ4n) is 2.00. The Morgan fingerprint density at radius 1 is 1.26 bits per heavy atom. The summed E-state index contributed by atoms with van der Waals surface area (Å²) >= 11 is 0. The summed E-state index contributed by atoms with van der Waals surface area (Å²) in [5.41, 5.74) is 1.54. The number of carbonyl (C=O) groups is 1. The summed E-state index contributed by atoms with van der Waals surface area (Å²) in [6.45, 7) is 1.92. The molecule has 1 unspecified atom stereocenters. The van der Waals surface area contributed by atoms with Crippen LogP contribution in [0.4, 0.5) is 4.39 Å². The van der Waals surface area contributed by atoms with E-state index in [-0.39, 0.29) is 17.8 Å². The number of rotatable bonds is 3. The van der Waals surface area contributed by atoms with Crippen molar-refractivity contribution >= 4 is 5.91 Å². The fourth-order valence-corrected chi connectivity index (χ4v) is 2.00. The van der Waals surface area contributed by atoms with Gasteiger partial charge in [-0.2, -0.15) is 0 Å². The van der Waals surface area contributed by atoms with Crippen LogP contribution < -0.4 is 0 Å². The second-order valence-corrected chi connectivity index (χ2v) is 4.65. The maximum atomic E-state index is 12.9. The second kappa shape index (κ2) is 5.26. The first-order chi connectivity index (χ1) is 9.00. The maximum Gasteiger partial charge on any atom is 0.270 e. The molecule has 100 valence electrons. The molecule has 0 radical (unpaired) electrons. The second-order valence-electron chi connectivity index (χ2n) is 4.65. The van der Waals surface area contributed by atoms with Crippen LogP contribution in [-0.2, 0) is 7.05 Å². The van der Waals surface area contributed by atoms with Crippen molar-refractivity contribution in [3.8, 4) is 0 Å². The number of hydrogen-bond acceptors (Lipinski definition) is 1. The van der Waals surface area contributed by atoms with Crippen molar-refractivity contribution in [3.63, 3.8) is 0 Å². The summed E-state index contributed by atoms with van der Waals surface area (Å²) in [7, 11) is 3.59. The van der Waals surface area contributed by atoms with Gasteiger partial charge in [0.1, 0.15) is 11.5 Å². The Morgan fingerprint density at radius 2 is 1.89 bits per heavy atom. The average Bonchev–Trinajstić information content (AvgIpc) is 2.83. The van der Waals surface area contributed by atoms with Gasteiger partial charge in [-0.1, -0.05) is 12.1 Å². The Kier molecular flexibility index (Phi) is 3.69.